The second-order valence-electron chi connectivity index (χ2n) is 9.36. The van der Waals surface area contributed by atoms with E-state index < -0.39 is 28.5 Å². The van der Waals surface area contributed by atoms with Crippen molar-refractivity contribution in [2.45, 2.75) is 51.1 Å². The van der Waals surface area contributed by atoms with Crippen LogP contribution in [-0.4, -0.2) is 50.9 Å². The summed E-state index contributed by atoms with van der Waals surface area (Å²) in [6, 6.07) is 18.8. The summed E-state index contributed by atoms with van der Waals surface area (Å²) < 4.78 is 35.2. The van der Waals surface area contributed by atoms with Gasteiger partial charge in [0.2, 0.25) is 11.8 Å². The Kier molecular flexibility index (Phi) is 12.1. The summed E-state index contributed by atoms with van der Waals surface area (Å²) >= 11 is 9.42. The van der Waals surface area contributed by atoms with Crippen molar-refractivity contribution in [1.82, 2.24) is 10.2 Å². The van der Waals surface area contributed by atoms with Crippen LogP contribution in [0.5, 0.6) is 5.75 Å². The fourth-order valence-electron chi connectivity index (χ4n) is 4.04. The van der Waals surface area contributed by atoms with E-state index in [4.69, 9.17) is 16.3 Å². The van der Waals surface area contributed by atoms with Crippen LogP contribution in [-0.2, 0) is 26.2 Å². The Bertz CT molecular complexity index is 1400. The molecule has 3 aromatic carbocycles. The van der Waals surface area contributed by atoms with E-state index in [2.05, 4.69) is 21.2 Å². The summed E-state index contributed by atoms with van der Waals surface area (Å²) in [7, 11) is -4.19. The first-order chi connectivity index (χ1) is 19.6. The van der Waals surface area contributed by atoms with Crippen molar-refractivity contribution >= 4 is 55.1 Å². The van der Waals surface area contributed by atoms with Crippen LogP contribution in [0.1, 0.15) is 39.2 Å². The Balaban J connectivity index is 2.00. The minimum Gasteiger partial charge on any atom is -0.494 e. The minimum absolute atomic E-state index is 0.0200. The maximum Gasteiger partial charge on any atom is 0.264 e. The van der Waals surface area contributed by atoms with Crippen LogP contribution >= 0.6 is 27.5 Å². The summed E-state index contributed by atoms with van der Waals surface area (Å²) in [4.78, 5) is 28.4. The van der Waals surface area contributed by atoms with E-state index in [0.29, 0.717) is 23.9 Å². The van der Waals surface area contributed by atoms with E-state index in [9.17, 15) is 18.0 Å². The normalized spacial score (nSPS) is 11.9. The van der Waals surface area contributed by atoms with Crippen molar-refractivity contribution in [2.24, 2.45) is 0 Å². The SMILES string of the molecule is CCCCNC(=O)[C@@H](C)N(Cc1ccc(Br)cc1)C(=O)CN(c1ccc(OCC)cc1)S(=O)(=O)c1ccc(Cl)cc1. The Labute approximate surface area is 255 Å². The highest BCUT2D eigenvalue weighted by Gasteiger charge is 2.32. The maximum atomic E-state index is 14.0. The van der Waals surface area contributed by atoms with Crippen LogP contribution in [0.2, 0.25) is 5.02 Å². The number of sulfonamides is 1. The lowest BCUT2D eigenvalue weighted by molar-refractivity contribution is -0.139. The first kappa shape index (κ1) is 32.4. The number of carbonyl (C=O) groups is 2. The Hall–Kier alpha value is -3.08. The molecule has 0 aromatic heterocycles. The van der Waals surface area contributed by atoms with Crippen molar-refractivity contribution < 1.29 is 22.7 Å². The van der Waals surface area contributed by atoms with Gasteiger partial charge in [-0.25, -0.2) is 8.42 Å². The number of hydrogen-bond acceptors (Lipinski definition) is 5. The molecular weight excluding hydrogens is 630 g/mol. The lowest BCUT2D eigenvalue weighted by Gasteiger charge is -2.32. The molecule has 0 heterocycles. The first-order valence-corrected chi connectivity index (χ1v) is 16.0. The predicted molar refractivity (Wildman–Crippen MR) is 166 cm³/mol. The molecule has 0 radical (unpaired) electrons. The number of nitrogens with one attached hydrogen (secondary N) is 1. The lowest BCUT2D eigenvalue weighted by atomic mass is 10.1. The number of halogens is 2. The van der Waals surface area contributed by atoms with Gasteiger partial charge >= 0.3 is 0 Å². The van der Waals surface area contributed by atoms with Crippen molar-refractivity contribution in [3.63, 3.8) is 0 Å². The highest BCUT2D eigenvalue weighted by Crippen LogP contribution is 2.27. The number of carbonyl (C=O) groups excluding carboxylic acids is 2. The van der Waals surface area contributed by atoms with Gasteiger partial charge in [-0.2, -0.15) is 0 Å². The maximum absolute atomic E-state index is 14.0. The third kappa shape index (κ3) is 8.95. The molecule has 41 heavy (non-hydrogen) atoms. The number of unbranched alkanes of at least 4 members (excludes halogenated alkanes) is 1. The molecule has 1 N–H and O–H groups in total. The fourth-order valence-corrected chi connectivity index (χ4v) is 5.85. The molecule has 0 bridgehead atoms. The molecule has 3 aromatic rings. The van der Waals surface area contributed by atoms with Crippen molar-refractivity contribution in [3.05, 3.63) is 87.9 Å². The zero-order valence-corrected chi connectivity index (χ0v) is 26.5. The summed E-state index contributed by atoms with van der Waals surface area (Å²) in [5.74, 6) is -0.268. The standard InChI is InChI=1S/C30H35BrClN3O5S/c1-4-6-19-33-30(37)22(3)34(20-23-7-9-24(31)10-8-23)29(36)21-35(26-13-15-27(16-14-26)40-5-2)41(38,39)28-17-11-25(32)12-18-28/h7-18,22H,4-6,19-21H2,1-3H3,(H,33,37)/t22-/m1/s1. The molecule has 0 spiro atoms. The van der Waals surface area contributed by atoms with E-state index >= 15 is 0 Å². The summed E-state index contributed by atoms with van der Waals surface area (Å²) in [6.45, 7) is 6.05. The zero-order chi connectivity index (χ0) is 30.0. The van der Waals surface area contributed by atoms with Crippen LogP contribution in [0, 0.1) is 0 Å². The van der Waals surface area contributed by atoms with Gasteiger partial charge < -0.3 is 15.0 Å². The van der Waals surface area contributed by atoms with Crippen molar-refractivity contribution in [3.8, 4) is 5.75 Å². The number of nitrogens with zero attached hydrogens (tertiary/aromatic N) is 2. The zero-order valence-electron chi connectivity index (χ0n) is 23.3. The highest BCUT2D eigenvalue weighted by molar-refractivity contribution is 9.10. The molecule has 11 heteroatoms. The molecule has 0 unspecified atom stereocenters. The first-order valence-electron chi connectivity index (χ1n) is 13.4. The van der Waals surface area contributed by atoms with Crippen LogP contribution in [0.15, 0.2) is 82.2 Å². The average Bonchev–Trinajstić information content (AvgIpc) is 2.96. The number of anilines is 1. The van der Waals surface area contributed by atoms with Crippen LogP contribution in [0.25, 0.3) is 0 Å². The van der Waals surface area contributed by atoms with Crippen molar-refractivity contribution in [1.29, 1.82) is 0 Å². The second-order valence-corrected chi connectivity index (χ2v) is 12.6. The van der Waals surface area contributed by atoms with E-state index in [1.54, 1.807) is 31.2 Å². The monoisotopic (exact) mass is 663 g/mol. The number of rotatable bonds is 14. The molecule has 1 atom stereocenters. The molecule has 2 amide bonds. The van der Waals surface area contributed by atoms with Gasteiger partial charge in [-0.3, -0.25) is 13.9 Å². The molecule has 0 aliphatic carbocycles. The molecule has 3 rings (SSSR count). The van der Waals surface area contributed by atoms with Crippen molar-refractivity contribution in [2.75, 3.05) is 24.0 Å². The Morgan fingerprint density at radius 3 is 2.20 bits per heavy atom. The van der Waals surface area contributed by atoms with Gasteiger partial charge in [0.1, 0.15) is 18.3 Å². The van der Waals surface area contributed by atoms with Crippen LogP contribution < -0.4 is 14.4 Å². The van der Waals surface area contributed by atoms with Gasteiger partial charge in [0, 0.05) is 22.6 Å². The fraction of sp³-hybridized carbons (Fsp3) is 0.333. The molecule has 220 valence electrons. The molecule has 8 nitrogen and oxygen atoms in total. The molecule has 0 saturated carbocycles. The number of ether oxygens (including phenoxy) is 1. The smallest absolute Gasteiger partial charge is 0.264 e. The Morgan fingerprint density at radius 2 is 1.61 bits per heavy atom. The summed E-state index contributed by atoms with van der Waals surface area (Å²) in [5, 5.41) is 3.26. The predicted octanol–water partition coefficient (Wildman–Crippen LogP) is 6.03. The van der Waals surface area contributed by atoms with E-state index in [1.165, 1.54) is 29.2 Å². The highest BCUT2D eigenvalue weighted by atomic mass is 79.9. The Morgan fingerprint density at radius 1 is 0.976 bits per heavy atom. The lowest BCUT2D eigenvalue weighted by Crippen LogP contribution is -2.51. The van der Waals surface area contributed by atoms with Crippen LogP contribution in [0.3, 0.4) is 0 Å². The van der Waals surface area contributed by atoms with Gasteiger partial charge in [-0.1, -0.05) is 53.0 Å². The van der Waals surface area contributed by atoms with Gasteiger partial charge in [-0.15, -0.1) is 0 Å². The van der Waals surface area contributed by atoms with Gasteiger partial charge in [-0.05, 0) is 86.5 Å². The largest absolute Gasteiger partial charge is 0.494 e. The number of amides is 2. The van der Waals surface area contributed by atoms with E-state index in [0.717, 1.165) is 27.2 Å². The van der Waals surface area contributed by atoms with Crippen LogP contribution in [0.4, 0.5) is 5.69 Å². The third-order valence-corrected chi connectivity index (χ3v) is 8.95. The third-order valence-electron chi connectivity index (χ3n) is 6.38. The second kappa shape index (κ2) is 15.2. The molecule has 0 fully saturated rings. The number of hydrogen-bond donors (Lipinski definition) is 1. The quantitative estimate of drug-likeness (QED) is 0.213. The van der Waals surface area contributed by atoms with Gasteiger partial charge in [0.15, 0.2) is 0 Å². The number of benzene rings is 3. The van der Waals surface area contributed by atoms with Gasteiger partial charge in [0.05, 0.1) is 17.2 Å². The molecule has 0 aliphatic heterocycles. The molecular formula is C30H35BrClN3O5S. The van der Waals surface area contributed by atoms with E-state index in [1.807, 2.05) is 38.1 Å². The van der Waals surface area contributed by atoms with Gasteiger partial charge in [0.25, 0.3) is 10.0 Å². The summed E-state index contributed by atoms with van der Waals surface area (Å²) in [6.07, 6.45) is 1.72. The minimum atomic E-state index is -4.19. The summed E-state index contributed by atoms with van der Waals surface area (Å²) in [5.41, 5.74) is 1.07. The molecule has 0 aliphatic rings. The average molecular weight is 665 g/mol. The topological polar surface area (TPSA) is 96.0 Å². The van der Waals surface area contributed by atoms with E-state index in [-0.39, 0.29) is 23.0 Å². The molecule has 0 saturated heterocycles.